The Morgan fingerprint density at radius 1 is 1.47 bits per heavy atom. The molecule has 1 aromatic heterocycles. The molecule has 84 valence electrons. The molecule has 0 aliphatic carbocycles. The van der Waals surface area contributed by atoms with Crippen molar-refractivity contribution in [3.05, 3.63) is 11.5 Å². The molecule has 0 radical (unpaired) electrons. The summed E-state index contributed by atoms with van der Waals surface area (Å²) in [6, 6.07) is 0. The Hall–Kier alpha value is -1.03. The van der Waals surface area contributed by atoms with E-state index >= 15 is 0 Å². The van der Waals surface area contributed by atoms with Gasteiger partial charge in [0.05, 0.1) is 5.69 Å². The molecule has 0 unspecified atom stereocenters. The van der Waals surface area contributed by atoms with Crippen molar-refractivity contribution in [1.82, 2.24) is 9.55 Å². The van der Waals surface area contributed by atoms with Crippen molar-refractivity contribution in [2.45, 2.75) is 39.2 Å². The first-order valence-corrected chi connectivity index (χ1v) is 5.64. The molecule has 2 heterocycles. The Balaban J connectivity index is 2.27. The van der Waals surface area contributed by atoms with Crippen LogP contribution in [0.15, 0.2) is 0 Å². The van der Waals surface area contributed by atoms with Crippen LogP contribution in [0, 0.1) is 6.92 Å². The van der Waals surface area contributed by atoms with Crippen LogP contribution in [-0.4, -0.2) is 22.8 Å². The number of nitrogen functional groups attached to an aromatic ring is 1. The van der Waals surface area contributed by atoms with Gasteiger partial charge in [0.2, 0.25) is 0 Å². The predicted molar refractivity (Wildman–Crippen MR) is 59.8 cm³/mol. The number of rotatable bonds is 2. The van der Waals surface area contributed by atoms with Crippen molar-refractivity contribution in [2.24, 2.45) is 0 Å². The monoisotopic (exact) mass is 209 g/mol. The first-order chi connectivity index (χ1) is 7.24. The summed E-state index contributed by atoms with van der Waals surface area (Å²) in [4.78, 5) is 4.59. The van der Waals surface area contributed by atoms with Crippen LogP contribution in [-0.2, 0) is 11.3 Å². The van der Waals surface area contributed by atoms with Crippen molar-refractivity contribution < 1.29 is 4.74 Å². The third kappa shape index (κ3) is 1.86. The lowest BCUT2D eigenvalue weighted by atomic mass is 9.96. The second-order valence-corrected chi connectivity index (χ2v) is 4.06. The summed E-state index contributed by atoms with van der Waals surface area (Å²) in [6.45, 7) is 6.68. The van der Waals surface area contributed by atoms with E-state index in [0.29, 0.717) is 5.92 Å². The Bertz CT molecular complexity index is 340. The Morgan fingerprint density at radius 3 is 2.67 bits per heavy atom. The van der Waals surface area contributed by atoms with Gasteiger partial charge in [0, 0.05) is 25.7 Å². The molecule has 2 rings (SSSR count). The minimum atomic E-state index is 0.491. The highest BCUT2D eigenvalue weighted by Crippen LogP contribution is 2.30. The lowest BCUT2D eigenvalue weighted by molar-refractivity contribution is 0.0847. The fourth-order valence-corrected chi connectivity index (χ4v) is 2.28. The number of nitrogens with zero attached hydrogens (tertiary/aromatic N) is 2. The van der Waals surface area contributed by atoms with E-state index in [1.165, 1.54) is 0 Å². The smallest absolute Gasteiger partial charge is 0.127 e. The van der Waals surface area contributed by atoms with E-state index in [9.17, 15) is 0 Å². The van der Waals surface area contributed by atoms with E-state index in [4.69, 9.17) is 10.5 Å². The van der Waals surface area contributed by atoms with Gasteiger partial charge in [0.1, 0.15) is 11.6 Å². The molecular formula is C11H19N3O. The van der Waals surface area contributed by atoms with Crippen LogP contribution in [0.2, 0.25) is 0 Å². The number of hydrogen-bond acceptors (Lipinski definition) is 3. The summed E-state index contributed by atoms with van der Waals surface area (Å²) in [5.41, 5.74) is 7.19. The first kappa shape index (κ1) is 10.5. The van der Waals surface area contributed by atoms with Crippen LogP contribution in [0.1, 0.15) is 37.2 Å². The Morgan fingerprint density at radius 2 is 2.13 bits per heavy atom. The molecule has 15 heavy (non-hydrogen) atoms. The normalized spacial score (nSPS) is 18.3. The van der Waals surface area contributed by atoms with Crippen LogP contribution in [0.25, 0.3) is 0 Å². The minimum absolute atomic E-state index is 0.491. The largest absolute Gasteiger partial charge is 0.384 e. The summed E-state index contributed by atoms with van der Waals surface area (Å²) >= 11 is 0. The third-order valence-electron chi connectivity index (χ3n) is 3.15. The summed E-state index contributed by atoms with van der Waals surface area (Å²) in [6.07, 6.45) is 2.09. The van der Waals surface area contributed by atoms with Gasteiger partial charge in [-0.3, -0.25) is 0 Å². The third-order valence-corrected chi connectivity index (χ3v) is 3.15. The predicted octanol–water partition coefficient (Wildman–Crippen LogP) is 1.69. The zero-order valence-corrected chi connectivity index (χ0v) is 9.49. The zero-order chi connectivity index (χ0) is 10.8. The molecule has 0 amide bonds. The highest BCUT2D eigenvalue weighted by molar-refractivity contribution is 5.40. The fourth-order valence-electron chi connectivity index (χ4n) is 2.28. The van der Waals surface area contributed by atoms with Crippen molar-refractivity contribution in [1.29, 1.82) is 0 Å². The van der Waals surface area contributed by atoms with Gasteiger partial charge >= 0.3 is 0 Å². The zero-order valence-electron chi connectivity index (χ0n) is 9.49. The number of aromatic nitrogens is 2. The maximum atomic E-state index is 6.11. The van der Waals surface area contributed by atoms with Crippen LogP contribution in [0.5, 0.6) is 0 Å². The molecule has 1 aromatic rings. The second kappa shape index (κ2) is 4.23. The molecule has 0 bridgehead atoms. The van der Waals surface area contributed by atoms with Gasteiger partial charge in [0.25, 0.3) is 0 Å². The highest BCUT2D eigenvalue weighted by Gasteiger charge is 2.22. The van der Waals surface area contributed by atoms with Crippen LogP contribution in [0.3, 0.4) is 0 Å². The van der Waals surface area contributed by atoms with Crippen molar-refractivity contribution >= 4 is 5.82 Å². The Kier molecular flexibility index (Phi) is 2.95. The lowest BCUT2D eigenvalue weighted by Crippen LogP contribution is -2.15. The van der Waals surface area contributed by atoms with Crippen molar-refractivity contribution in [3.8, 4) is 0 Å². The number of hydrogen-bond donors (Lipinski definition) is 1. The summed E-state index contributed by atoms with van der Waals surface area (Å²) in [5, 5.41) is 0. The molecule has 4 nitrogen and oxygen atoms in total. The van der Waals surface area contributed by atoms with Crippen molar-refractivity contribution in [3.63, 3.8) is 0 Å². The SMILES string of the molecule is CCn1c(C)nc(C2CCOCC2)c1N. The van der Waals surface area contributed by atoms with Crippen LogP contribution < -0.4 is 5.73 Å². The number of imidazole rings is 1. The van der Waals surface area contributed by atoms with E-state index in [-0.39, 0.29) is 0 Å². The molecule has 0 atom stereocenters. The summed E-state index contributed by atoms with van der Waals surface area (Å²) in [7, 11) is 0. The topological polar surface area (TPSA) is 53.1 Å². The van der Waals surface area contributed by atoms with Gasteiger partial charge < -0.3 is 15.0 Å². The lowest BCUT2D eigenvalue weighted by Gasteiger charge is -2.20. The van der Waals surface area contributed by atoms with Gasteiger partial charge in [0.15, 0.2) is 0 Å². The average molecular weight is 209 g/mol. The highest BCUT2D eigenvalue weighted by atomic mass is 16.5. The molecule has 0 saturated carbocycles. The number of ether oxygens (including phenoxy) is 1. The maximum Gasteiger partial charge on any atom is 0.127 e. The molecule has 0 aromatic carbocycles. The van der Waals surface area contributed by atoms with Gasteiger partial charge in [-0.1, -0.05) is 0 Å². The Labute approximate surface area is 90.4 Å². The van der Waals surface area contributed by atoms with E-state index < -0.39 is 0 Å². The molecule has 2 N–H and O–H groups in total. The average Bonchev–Trinajstić information content (AvgIpc) is 2.55. The standard InChI is InChI=1S/C11H19N3O/c1-3-14-8(2)13-10(11(14)12)9-4-6-15-7-5-9/h9H,3-7,12H2,1-2H3. The van der Waals surface area contributed by atoms with Gasteiger partial charge in [-0.25, -0.2) is 4.98 Å². The number of aryl methyl sites for hydroxylation is 1. The minimum Gasteiger partial charge on any atom is -0.384 e. The molecule has 1 fully saturated rings. The van der Waals surface area contributed by atoms with E-state index in [0.717, 1.165) is 49.9 Å². The summed E-state index contributed by atoms with van der Waals surface area (Å²) < 4.78 is 7.42. The van der Waals surface area contributed by atoms with E-state index in [1.54, 1.807) is 0 Å². The van der Waals surface area contributed by atoms with E-state index in [1.807, 2.05) is 6.92 Å². The first-order valence-electron chi connectivity index (χ1n) is 5.64. The molecule has 1 saturated heterocycles. The molecule has 4 heteroatoms. The van der Waals surface area contributed by atoms with E-state index in [2.05, 4.69) is 16.5 Å². The van der Waals surface area contributed by atoms with Gasteiger partial charge in [-0.05, 0) is 26.7 Å². The number of anilines is 1. The van der Waals surface area contributed by atoms with Crippen molar-refractivity contribution in [2.75, 3.05) is 18.9 Å². The van der Waals surface area contributed by atoms with Gasteiger partial charge in [-0.2, -0.15) is 0 Å². The van der Waals surface area contributed by atoms with Crippen LogP contribution in [0.4, 0.5) is 5.82 Å². The van der Waals surface area contributed by atoms with Gasteiger partial charge in [-0.15, -0.1) is 0 Å². The molecule has 0 spiro atoms. The second-order valence-electron chi connectivity index (χ2n) is 4.06. The molecule has 1 aliphatic rings. The number of nitrogens with two attached hydrogens (primary N) is 1. The maximum absolute atomic E-state index is 6.11. The summed E-state index contributed by atoms with van der Waals surface area (Å²) in [5.74, 6) is 2.36. The molecular weight excluding hydrogens is 190 g/mol. The van der Waals surface area contributed by atoms with Crippen LogP contribution >= 0.6 is 0 Å². The quantitative estimate of drug-likeness (QED) is 0.806. The fraction of sp³-hybridized carbons (Fsp3) is 0.727. The molecule has 1 aliphatic heterocycles.